The number of nitrogens with one attached hydrogen (secondary N) is 1. The molecule has 2 aromatic rings. The first-order valence-corrected chi connectivity index (χ1v) is 8.80. The second-order valence-electron chi connectivity index (χ2n) is 5.96. The van der Waals surface area contributed by atoms with Gasteiger partial charge in [-0.05, 0) is 24.9 Å². The highest BCUT2D eigenvalue weighted by atomic mass is 32.1. The summed E-state index contributed by atoms with van der Waals surface area (Å²) in [6.07, 6.45) is 1.96. The summed E-state index contributed by atoms with van der Waals surface area (Å²) >= 11 is 0.980. The van der Waals surface area contributed by atoms with Crippen molar-refractivity contribution in [2.75, 3.05) is 13.1 Å². The lowest BCUT2D eigenvalue weighted by Gasteiger charge is -2.33. The van der Waals surface area contributed by atoms with Gasteiger partial charge in [-0.1, -0.05) is 41.7 Å². The molecule has 1 aromatic carbocycles. The summed E-state index contributed by atoms with van der Waals surface area (Å²) in [6.45, 7) is 2.69. The molecule has 3 rings (SSSR count). The quantitative estimate of drug-likeness (QED) is 0.667. The molecule has 1 unspecified atom stereocenters. The van der Waals surface area contributed by atoms with Crippen LogP contribution in [-0.4, -0.2) is 34.9 Å². The number of nitro groups is 1. The predicted octanol–water partition coefficient (Wildman–Crippen LogP) is 3.05. The molecule has 1 aliphatic rings. The summed E-state index contributed by atoms with van der Waals surface area (Å²) < 4.78 is 0. The second kappa shape index (κ2) is 7.55. The van der Waals surface area contributed by atoms with Crippen molar-refractivity contribution in [1.29, 1.82) is 0 Å². The van der Waals surface area contributed by atoms with E-state index in [1.165, 1.54) is 17.0 Å². The fourth-order valence-electron chi connectivity index (χ4n) is 2.97. The molecule has 1 aromatic heterocycles. The first-order valence-electron chi connectivity index (χ1n) is 7.92. The molecule has 0 spiro atoms. The number of carbonyl (C=O) groups is 1. The van der Waals surface area contributed by atoms with E-state index in [-0.39, 0.29) is 17.0 Å². The summed E-state index contributed by atoms with van der Waals surface area (Å²) in [5, 5.41) is 15.3. The van der Waals surface area contributed by atoms with E-state index in [2.05, 4.69) is 22.3 Å². The van der Waals surface area contributed by atoms with Gasteiger partial charge in [0, 0.05) is 30.6 Å². The van der Waals surface area contributed by atoms with Crippen molar-refractivity contribution in [3.63, 3.8) is 0 Å². The summed E-state index contributed by atoms with van der Waals surface area (Å²) in [6, 6.07) is 11.7. The van der Waals surface area contributed by atoms with Gasteiger partial charge in [-0.25, -0.2) is 0 Å². The van der Waals surface area contributed by atoms with E-state index >= 15 is 0 Å². The van der Waals surface area contributed by atoms with Gasteiger partial charge in [0.15, 0.2) is 0 Å². The lowest BCUT2D eigenvalue weighted by Crippen LogP contribution is -2.47. The van der Waals surface area contributed by atoms with E-state index in [1.54, 1.807) is 0 Å². The zero-order valence-electron chi connectivity index (χ0n) is 13.2. The normalized spacial score (nSPS) is 18.2. The van der Waals surface area contributed by atoms with Crippen LogP contribution in [0.15, 0.2) is 41.8 Å². The molecule has 126 valence electrons. The Labute approximate surface area is 144 Å². The van der Waals surface area contributed by atoms with Crippen molar-refractivity contribution in [3.8, 4) is 0 Å². The minimum Gasteiger partial charge on any atom is -0.348 e. The number of hydrogen-bond acceptors (Lipinski definition) is 5. The SMILES string of the molecule is O=C(NC1CCCN(Cc2ccccc2)C1)c1csc([N+](=O)[O-])c1. The van der Waals surface area contributed by atoms with Gasteiger partial charge in [0.1, 0.15) is 0 Å². The fourth-order valence-corrected chi connectivity index (χ4v) is 3.67. The van der Waals surface area contributed by atoms with Crippen LogP contribution in [0.4, 0.5) is 5.00 Å². The Morgan fingerprint density at radius 2 is 2.17 bits per heavy atom. The van der Waals surface area contributed by atoms with E-state index in [9.17, 15) is 14.9 Å². The average molecular weight is 345 g/mol. The molecule has 0 radical (unpaired) electrons. The van der Waals surface area contributed by atoms with E-state index < -0.39 is 4.92 Å². The molecule has 0 saturated carbocycles. The van der Waals surface area contributed by atoms with E-state index in [4.69, 9.17) is 0 Å². The lowest BCUT2D eigenvalue weighted by molar-refractivity contribution is -0.380. The maximum Gasteiger partial charge on any atom is 0.324 e. The summed E-state index contributed by atoms with van der Waals surface area (Å²) in [5.74, 6) is -0.231. The summed E-state index contributed by atoms with van der Waals surface area (Å²) in [7, 11) is 0. The fraction of sp³-hybridized carbons (Fsp3) is 0.353. The molecule has 1 atom stereocenters. The molecule has 1 aliphatic heterocycles. The third-order valence-corrected chi connectivity index (χ3v) is 5.00. The number of likely N-dealkylation sites (tertiary alicyclic amines) is 1. The minimum absolute atomic E-state index is 0.00509. The number of hydrogen-bond donors (Lipinski definition) is 1. The zero-order chi connectivity index (χ0) is 16.9. The topological polar surface area (TPSA) is 75.5 Å². The number of piperidine rings is 1. The van der Waals surface area contributed by atoms with Gasteiger partial charge in [0.25, 0.3) is 5.91 Å². The Bertz CT molecular complexity index is 717. The molecule has 24 heavy (non-hydrogen) atoms. The Kier molecular flexibility index (Phi) is 5.22. The smallest absolute Gasteiger partial charge is 0.324 e. The van der Waals surface area contributed by atoms with Crippen molar-refractivity contribution in [1.82, 2.24) is 10.2 Å². The van der Waals surface area contributed by atoms with Crippen molar-refractivity contribution >= 4 is 22.2 Å². The van der Waals surface area contributed by atoms with Crippen LogP contribution in [0.25, 0.3) is 0 Å². The van der Waals surface area contributed by atoms with Gasteiger partial charge < -0.3 is 5.32 Å². The molecular formula is C17H19N3O3S. The monoisotopic (exact) mass is 345 g/mol. The van der Waals surface area contributed by atoms with Crippen LogP contribution in [0.3, 0.4) is 0 Å². The largest absolute Gasteiger partial charge is 0.348 e. The predicted molar refractivity (Wildman–Crippen MR) is 93.2 cm³/mol. The molecule has 0 bridgehead atoms. The number of nitrogens with zero attached hydrogens (tertiary/aromatic N) is 2. The van der Waals surface area contributed by atoms with Gasteiger partial charge in [-0.15, -0.1) is 0 Å². The summed E-state index contributed by atoms with van der Waals surface area (Å²) in [5.41, 5.74) is 1.63. The van der Waals surface area contributed by atoms with Crippen LogP contribution in [0.5, 0.6) is 0 Å². The molecule has 6 nitrogen and oxygen atoms in total. The number of rotatable bonds is 5. The van der Waals surface area contributed by atoms with Crippen LogP contribution in [-0.2, 0) is 6.54 Å². The number of thiophene rings is 1. The zero-order valence-corrected chi connectivity index (χ0v) is 14.0. The summed E-state index contributed by atoms with van der Waals surface area (Å²) in [4.78, 5) is 24.9. The number of carbonyl (C=O) groups excluding carboxylic acids is 1. The standard InChI is InChI=1S/C17H19N3O3S/c21-17(14-9-16(20(22)23)24-12-14)18-15-7-4-8-19(11-15)10-13-5-2-1-3-6-13/h1-3,5-6,9,12,15H,4,7-8,10-11H2,(H,18,21). The Morgan fingerprint density at radius 3 is 2.88 bits per heavy atom. The van der Waals surface area contributed by atoms with Crippen LogP contribution >= 0.6 is 11.3 Å². The van der Waals surface area contributed by atoms with Crippen LogP contribution in [0.1, 0.15) is 28.8 Å². The van der Waals surface area contributed by atoms with Gasteiger partial charge in [0.2, 0.25) is 0 Å². The van der Waals surface area contributed by atoms with Crippen molar-refractivity contribution in [2.45, 2.75) is 25.4 Å². The molecule has 2 heterocycles. The van der Waals surface area contributed by atoms with Crippen LogP contribution in [0.2, 0.25) is 0 Å². The van der Waals surface area contributed by atoms with Gasteiger partial charge in [-0.3, -0.25) is 19.8 Å². The van der Waals surface area contributed by atoms with Crippen LogP contribution in [0, 0.1) is 10.1 Å². The second-order valence-corrected chi connectivity index (χ2v) is 6.85. The molecule has 7 heteroatoms. The molecule has 1 amide bonds. The molecular weight excluding hydrogens is 326 g/mol. The molecule has 0 aliphatic carbocycles. The van der Waals surface area contributed by atoms with Gasteiger partial charge >= 0.3 is 5.00 Å². The van der Waals surface area contributed by atoms with E-state index in [1.807, 2.05) is 18.2 Å². The van der Waals surface area contributed by atoms with E-state index in [0.717, 1.165) is 43.8 Å². The molecule has 1 fully saturated rings. The van der Waals surface area contributed by atoms with E-state index in [0.29, 0.717) is 5.56 Å². The Hall–Kier alpha value is -2.25. The third-order valence-electron chi connectivity index (χ3n) is 4.12. The minimum atomic E-state index is -0.469. The van der Waals surface area contributed by atoms with Crippen molar-refractivity contribution in [2.24, 2.45) is 0 Å². The molecule has 1 N–H and O–H groups in total. The van der Waals surface area contributed by atoms with Crippen LogP contribution < -0.4 is 5.32 Å². The lowest BCUT2D eigenvalue weighted by atomic mass is 10.0. The van der Waals surface area contributed by atoms with Gasteiger partial charge in [0.05, 0.1) is 10.5 Å². The first kappa shape index (κ1) is 16.6. The third kappa shape index (κ3) is 4.18. The maximum atomic E-state index is 12.3. The Balaban J connectivity index is 1.56. The maximum absolute atomic E-state index is 12.3. The molecule has 1 saturated heterocycles. The Morgan fingerprint density at radius 1 is 1.38 bits per heavy atom. The highest BCUT2D eigenvalue weighted by molar-refractivity contribution is 7.13. The van der Waals surface area contributed by atoms with Gasteiger partial charge in [-0.2, -0.15) is 0 Å². The number of amides is 1. The highest BCUT2D eigenvalue weighted by Gasteiger charge is 2.23. The average Bonchev–Trinajstić information content (AvgIpc) is 3.06. The number of benzene rings is 1. The first-order chi connectivity index (χ1) is 11.6. The highest BCUT2D eigenvalue weighted by Crippen LogP contribution is 2.23. The van der Waals surface area contributed by atoms with Crippen molar-refractivity contribution < 1.29 is 9.72 Å². The van der Waals surface area contributed by atoms with Crippen molar-refractivity contribution in [3.05, 3.63) is 63.0 Å².